The van der Waals surface area contributed by atoms with Crippen LogP contribution < -0.4 is 15.4 Å². The Balaban J connectivity index is 1.63. The lowest BCUT2D eigenvalue weighted by atomic mass is 10.2. The number of nitrogens with one attached hydrogen (secondary N) is 2. The Morgan fingerprint density at radius 2 is 1.78 bits per heavy atom. The second kappa shape index (κ2) is 8.31. The molecule has 0 bridgehead atoms. The molecule has 0 aliphatic rings. The topological polar surface area (TPSA) is 63.2 Å². The average molecular weight is 365 g/mol. The van der Waals surface area contributed by atoms with Gasteiger partial charge in [0.2, 0.25) is 0 Å². The first kappa shape index (κ1) is 18.4. The van der Waals surface area contributed by atoms with E-state index in [1.165, 1.54) is 18.3 Å². The molecule has 0 saturated carbocycles. The summed E-state index contributed by atoms with van der Waals surface area (Å²) in [4.78, 5) is 16.4. The third kappa shape index (κ3) is 5.04. The maximum absolute atomic E-state index is 13.6. The van der Waals surface area contributed by atoms with Crippen LogP contribution >= 0.6 is 0 Å². The highest BCUT2D eigenvalue weighted by molar-refractivity contribution is 6.04. The van der Waals surface area contributed by atoms with Crippen molar-refractivity contribution < 1.29 is 13.9 Å². The number of para-hydroxylation sites is 1. The lowest BCUT2D eigenvalue weighted by molar-refractivity contribution is 0.102. The molecule has 0 saturated heterocycles. The third-order valence-electron chi connectivity index (χ3n) is 3.65. The number of nitrogens with zero attached hydrogens (tertiary/aromatic N) is 1. The molecule has 3 rings (SSSR count). The SMILES string of the molecule is CC(C)Oc1ccc(Nc2ccc(C(=O)Nc3ccccc3F)cn2)cc1. The molecule has 1 amide bonds. The molecule has 0 spiro atoms. The number of carbonyl (C=O) groups is 1. The molecule has 0 fully saturated rings. The fraction of sp³-hybridized carbons (Fsp3) is 0.143. The summed E-state index contributed by atoms with van der Waals surface area (Å²) in [5.41, 5.74) is 1.32. The molecule has 0 unspecified atom stereocenters. The predicted molar refractivity (Wildman–Crippen MR) is 104 cm³/mol. The van der Waals surface area contributed by atoms with Crippen LogP contribution in [0.25, 0.3) is 0 Å². The van der Waals surface area contributed by atoms with Gasteiger partial charge < -0.3 is 15.4 Å². The van der Waals surface area contributed by atoms with Crippen molar-refractivity contribution in [1.82, 2.24) is 4.98 Å². The van der Waals surface area contributed by atoms with Crippen molar-refractivity contribution >= 4 is 23.1 Å². The lowest BCUT2D eigenvalue weighted by Gasteiger charge is -2.11. The number of ether oxygens (including phenoxy) is 1. The summed E-state index contributed by atoms with van der Waals surface area (Å²) < 4.78 is 19.2. The molecule has 1 heterocycles. The highest BCUT2D eigenvalue weighted by atomic mass is 19.1. The van der Waals surface area contributed by atoms with E-state index in [1.807, 2.05) is 38.1 Å². The van der Waals surface area contributed by atoms with Crippen molar-refractivity contribution in [3.63, 3.8) is 0 Å². The molecule has 3 aromatic rings. The fourth-order valence-corrected chi connectivity index (χ4v) is 2.40. The van der Waals surface area contributed by atoms with Crippen molar-refractivity contribution in [2.45, 2.75) is 20.0 Å². The maximum Gasteiger partial charge on any atom is 0.257 e. The first-order chi connectivity index (χ1) is 13.0. The van der Waals surface area contributed by atoms with Crippen molar-refractivity contribution in [2.75, 3.05) is 10.6 Å². The van der Waals surface area contributed by atoms with Crippen LogP contribution in [0.1, 0.15) is 24.2 Å². The zero-order chi connectivity index (χ0) is 19.2. The van der Waals surface area contributed by atoms with E-state index in [1.54, 1.807) is 24.3 Å². The van der Waals surface area contributed by atoms with Crippen molar-refractivity contribution in [3.05, 3.63) is 78.2 Å². The number of anilines is 3. The van der Waals surface area contributed by atoms with E-state index in [0.29, 0.717) is 11.4 Å². The summed E-state index contributed by atoms with van der Waals surface area (Å²) in [7, 11) is 0. The molecule has 27 heavy (non-hydrogen) atoms. The summed E-state index contributed by atoms with van der Waals surface area (Å²) in [6, 6.07) is 16.8. The minimum Gasteiger partial charge on any atom is -0.491 e. The molecule has 0 atom stereocenters. The Bertz CT molecular complexity index is 909. The van der Waals surface area contributed by atoms with E-state index in [2.05, 4.69) is 15.6 Å². The zero-order valence-electron chi connectivity index (χ0n) is 15.1. The van der Waals surface area contributed by atoms with Gasteiger partial charge in [0.05, 0.1) is 17.4 Å². The lowest BCUT2D eigenvalue weighted by Crippen LogP contribution is -2.13. The van der Waals surface area contributed by atoms with Gasteiger partial charge in [0, 0.05) is 11.9 Å². The normalized spacial score (nSPS) is 10.5. The van der Waals surface area contributed by atoms with Gasteiger partial charge in [0.15, 0.2) is 0 Å². The van der Waals surface area contributed by atoms with E-state index >= 15 is 0 Å². The van der Waals surface area contributed by atoms with Crippen LogP contribution in [0.15, 0.2) is 66.9 Å². The quantitative estimate of drug-likeness (QED) is 0.645. The molecule has 138 valence electrons. The zero-order valence-corrected chi connectivity index (χ0v) is 15.1. The molecule has 2 N–H and O–H groups in total. The van der Waals surface area contributed by atoms with Gasteiger partial charge >= 0.3 is 0 Å². The first-order valence-corrected chi connectivity index (χ1v) is 8.57. The number of amides is 1. The van der Waals surface area contributed by atoms with E-state index < -0.39 is 11.7 Å². The summed E-state index contributed by atoms with van der Waals surface area (Å²) in [5, 5.41) is 5.68. The van der Waals surface area contributed by atoms with Crippen LogP contribution in [0.2, 0.25) is 0 Å². The van der Waals surface area contributed by atoms with Gasteiger partial charge in [-0.2, -0.15) is 0 Å². The second-order valence-electron chi connectivity index (χ2n) is 6.18. The molecule has 0 radical (unpaired) electrons. The third-order valence-corrected chi connectivity index (χ3v) is 3.65. The highest BCUT2D eigenvalue weighted by Crippen LogP contribution is 2.20. The molecule has 1 aromatic heterocycles. The van der Waals surface area contributed by atoms with Crippen LogP contribution in [0.4, 0.5) is 21.6 Å². The number of rotatable bonds is 6. The van der Waals surface area contributed by atoms with Crippen LogP contribution in [0.3, 0.4) is 0 Å². The van der Waals surface area contributed by atoms with Gasteiger partial charge in [-0.25, -0.2) is 9.37 Å². The van der Waals surface area contributed by atoms with Crippen LogP contribution in [0, 0.1) is 5.82 Å². The van der Waals surface area contributed by atoms with Crippen LogP contribution in [-0.4, -0.2) is 17.0 Å². The Kier molecular flexibility index (Phi) is 5.66. The Morgan fingerprint density at radius 3 is 2.41 bits per heavy atom. The van der Waals surface area contributed by atoms with Gasteiger partial charge in [0.1, 0.15) is 17.4 Å². The van der Waals surface area contributed by atoms with Crippen molar-refractivity contribution in [2.24, 2.45) is 0 Å². The smallest absolute Gasteiger partial charge is 0.257 e. The number of pyridine rings is 1. The molecule has 0 aliphatic carbocycles. The van der Waals surface area contributed by atoms with Crippen LogP contribution in [0.5, 0.6) is 5.75 Å². The van der Waals surface area contributed by atoms with E-state index in [0.717, 1.165) is 11.4 Å². The summed E-state index contributed by atoms with van der Waals surface area (Å²) >= 11 is 0. The number of carbonyl (C=O) groups excluding carboxylic acids is 1. The van der Waals surface area contributed by atoms with E-state index in [9.17, 15) is 9.18 Å². The number of benzene rings is 2. The van der Waals surface area contributed by atoms with Gasteiger partial charge in [-0.3, -0.25) is 4.79 Å². The van der Waals surface area contributed by atoms with Crippen molar-refractivity contribution in [1.29, 1.82) is 0 Å². The molecule has 0 aliphatic heterocycles. The van der Waals surface area contributed by atoms with E-state index in [4.69, 9.17) is 4.74 Å². The second-order valence-corrected chi connectivity index (χ2v) is 6.18. The fourth-order valence-electron chi connectivity index (χ4n) is 2.40. The maximum atomic E-state index is 13.6. The highest BCUT2D eigenvalue weighted by Gasteiger charge is 2.09. The molecule has 6 heteroatoms. The minimum atomic E-state index is -0.484. The predicted octanol–water partition coefficient (Wildman–Crippen LogP) is 5.00. The largest absolute Gasteiger partial charge is 0.491 e. The molecular formula is C21H20FN3O2. The monoisotopic (exact) mass is 365 g/mol. The first-order valence-electron chi connectivity index (χ1n) is 8.57. The molecule has 5 nitrogen and oxygen atoms in total. The van der Waals surface area contributed by atoms with Crippen molar-refractivity contribution in [3.8, 4) is 5.75 Å². The summed E-state index contributed by atoms with van der Waals surface area (Å²) in [6.45, 7) is 3.94. The summed E-state index contributed by atoms with van der Waals surface area (Å²) in [6.07, 6.45) is 1.56. The number of halogens is 1. The Labute approximate surface area is 157 Å². The Morgan fingerprint density at radius 1 is 1.04 bits per heavy atom. The number of hydrogen-bond donors (Lipinski definition) is 2. The molecule has 2 aromatic carbocycles. The van der Waals surface area contributed by atoms with Gasteiger partial charge in [0.25, 0.3) is 5.91 Å². The standard InChI is InChI=1S/C21H20FN3O2/c1-14(2)27-17-10-8-16(9-11-17)24-20-12-7-15(13-23-20)21(26)25-19-6-4-3-5-18(19)22/h3-14H,1-2H3,(H,23,24)(H,25,26). The van der Waals surface area contributed by atoms with Gasteiger partial charge in [-0.1, -0.05) is 12.1 Å². The van der Waals surface area contributed by atoms with Gasteiger partial charge in [-0.15, -0.1) is 0 Å². The van der Waals surface area contributed by atoms with Crippen LogP contribution in [-0.2, 0) is 0 Å². The number of hydrogen-bond acceptors (Lipinski definition) is 4. The minimum absolute atomic E-state index is 0.119. The van der Waals surface area contributed by atoms with E-state index in [-0.39, 0.29) is 11.8 Å². The Hall–Kier alpha value is -3.41. The average Bonchev–Trinajstić information content (AvgIpc) is 2.65. The van der Waals surface area contributed by atoms with Gasteiger partial charge in [-0.05, 0) is 62.4 Å². The summed E-state index contributed by atoms with van der Waals surface area (Å²) in [5.74, 6) is 0.481. The number of aromatic nitrogens is 1. The molecular weight excluding hydrogens is 345 g/mol.